The first-order chi connectivity index (χ1) is 8.49. The van der Waals surface area contributed by atoms with Gasteiger partial charge in [0.15, 0.2) is 0 Å². The Morgan fingerprint density at radius 3 is 2.56 bits per heavy atom. The van der Waals surface area contributed by atoms with Gasteiger partial charge in [0.05, 0.1) is 6.20 Å². The lowest BCUT2D eigenvalue weighted by Crippen LogP contribution is -2.36. The van der Waals surface area contributed by atoms with Crippen molar-refractivity contribution in [2.24, 2.45) is 0 Å². The number of nitrogens with zero attached hydrogens (tertiary/aromatic N) is 2. The maximum absolute atomic E-state index is 12.2. The van der Waals surface area contributed by atoms with Crippen LogP contribution in [0, 0.1) is 0 Å². The van der Waals surface area contributed by atoms with Crippen molar-refractivity contribution in [3.8, 4) is 0 Å². The predicted octanol–water partition coefficient (Wildman–Crippen LogP) is 2.08. The van der Waals surface area contributed by atoms with Crippen LogP contribution in [0.15, 0.2) is 17.3 Å². The van der Waals surface area contributed by atoms with Gasteiger partial charge in [-0.05, 0) is 26.7 Å². The Morgan fingerprint density at radius 2 is 2.00 bits per heavy atom. The van der Waals surface area contributed by atoms with Crippen molar-refractivity contribution in [2.45, 2.75) is 62.9 Å². The van der Waals surface area contributed by atoms with Gasteiger partial charge in [0.25, 0.3) is 0 Å². The van der Waals surface area contributed by atoms with E-state index in [2.05, 4.69) is 9.82 Å². The van der Waals surface area contributed by atoms with Crippen molar-refractivity contribution in [3.63, 3.8) is 0 Å². The highest BCUT2D eigenvalue weighted by Crippen LogP contribution is 2.20. The first-order valence-electron chi connectivity index (χ1n) is 6.55. The van der Waals surface area contributed by atoms with Gasteiger partial charge >= 0.3 is 0 Å². The highest BCUT2D eigenvalue weighted by Gasteiger charge is 2.23. The van der Waals surface area contributed by atoms with Gasteiger partial charge in [-0.3, -0.25) is 4.68 Å². The molecule has 1 aliphatic rings. The molecule has 5 nitrogen and oxygen atoms in total. The second-order valence-electron chi connectivity index (χ2n) is 5.21. The third-order valence-corrected chi connectivity index (χ3v) is 4.82. The molecule has 1 fully saturated rings. The average molecular weight is 271 g/mol. The molecule has 1 aliphatic carbocycles. The Balaban J connectivity index is 2.09. The smallest absolute Gasteiger partial charge is 0.243 e. The Bertz CT molecular complexity index is 487. The molecule has 0 radical (unpaired) electrons. The van der Waals surface area contributed by atoms with Gasteiger partial charge in [-0.1, -0.05) is 19.3 Å². The molecule has 0 aromatic carbocycles. The summed E-state index contributed by atoms with van der Waals surface area (Å²) in [5.74, 6) is 0. The zero-order valence-electron chi connectivity index (χ0n) is 11.0. The monoisotopic (exact) mass is 271 g/mol. The van der Waals surface area contributed by atoms with E-state index in [-0.39, 0.29) is 17.0 Å². The second-order valence-corrected chi connectivity index (χ2v) is 6.92. The molecular weight excluding hydrogens is 250 g/mol. The average Bonchev–Trinajstić information content (AvgIpc) is 2.79. The molecule has 2 rings (SSSR count). The summed E-state index contributed by atoms with van der Waals surface area (Å²) in [7, 11) is -3.41. The first kappa shape index (κ1) is 13.5. The van der Waals surface area contributed by atoms with Crippen LogP contribution in [-0.4, -0.2) is 24.2 Å². The lowest BCUT2D eigenvalue weighted by Gasteiger charge is -2.22. The van der Waals surface area contributed by atoms with E-state index in [4.69, 9.17) is 0 Å². The number of hydrogen-bond acceptors (Lipinski definition) is 3. The van der Waals surface area contributed by atoms with Gasteiger partial charge in [0.1, 0.15) is 4.90 Å². The molecule has 0 spiro atoms. The third kappa shape index (κ3) is 3.11. The van der Waals surface area contributed by atoms with Gasteiger partial charge in [-0.25, -0.2) is 13.1 Å². The molecule has 0 atom stereocenters. The quantitative estimate of drug-likeness (QED) is 0.912. The molecule has 1 aromatic heterocycles. The maximum Gasteiger partial charge on any atom is 0.243 e. The molecule has 6 heteroatoms. The number of aromatic nitrogens is 2. The van der Waals surface area contributed by atoms with Crippen molar-refractivity contribution >= 4 is 10.0 Å². The van der Waals surface area contributed by atoms with Crippen LogP contribution in [0.3, 0.4) is 0 Å². The molecule has 0 aliphatic heterocycles. The molecule has 1 aromatic rings. The molecule has 1 saturated carbocycles. The molecule has 102 valence electrons. The van der Waals surface area contributed by atoms with Crippen molar-refractivity contribution in [1.82, 2.24) is 14.5 Å². The van der Waals surface area contributed by atoms with Gasteiger partial charge in [-0.15, -0.1) is 0 Å². The zero-order chi connectivity index (χ0) is 13.2. The summed E-state index contributed by atoms with van der Waals surface area (Å²) in [4.78, 5) is 0.266. The number of hydrogen-bond donors (Lipinski definition) is 1. The summed E-state index contributed by atoms with van der Waals surface area (Å²) in [5, 5.41) is 4.07. The minimum atomic E-state index is -3.41. The minimum Gasteiger partial charge on any atom is -0.269 e. The number of nitrogens with one attached hydrogen (secondary N) is 1. The van der Waals surface area contributed by atoms with Crippen LogP contribution in [0.2, 0.25) is 0 Å². The van der Waals surface area contributed by atoms with Crippen LogP contribution in [-0.2, 0) is 10.0 Å². The highest BCUT2D eigenvalue weighted by atomic mass is 32.2. The van der Waals surface area contributed by atoms with E-state index >= 15 is 0 Å². The SMILES string of the molecule is CC(C)n1cc(S(=O)(=O)NC2CCCCC2)cn1. The fourth-order valence-corrected chi connectivity index (χ4v) is 3.49. The summed E-state index contributed by atoms with van der Waals surface area (Å²) in [6.07, 6.45) is 8.33. The fraction of sp³-hybridized carbons (Fsp3) is 0.750. The Hall–Kier alpha value is -0.880. The molecular formula is C12H21N3O2S. The van der Waals surface area contributed by atoms with E-state index in [0.29, 0.717) is 0 Å². The summed E-state index contributed by atoms with van der Waals surface area (Å²) < 4.78 is 28.8. The van der Waals surface area contributed by atoms with E-state index < -0.39 is 10.0 Å². The molecule has 1 heterocycles. The van der Waals surface area contributed by atoms with E-state index in [0.717, 1.165) is 25.7 Å². The normalized spacial score (nSPS) is 18.4. The molecule has 18 heavy (non-hydrogen) atoms. The molecule has 0 bridgehead atoms. The third-order valence-electron chi connectivity index (χ3n) is 3.34. The van der Waals surface area contributed by atoms with Gasteiger partial charge < -0.3 is 0 Å². The summed E-state index contributed by atoms with van der Waals surface area (Å²) >= 11 is 0. The lowest BCUT2D eigenvalue weighted by molar-refractivity contribution is 0.412. The van der Waals surface area contributed by atoms with Gasteiger partial charge in [-0.2, -0.15) is 5.10 Å². The topological polar surface area (TPSA) is 64.0 Å². The number of sulfonamides is 1. The van der Waals surface area contributed by atoms with Crippen LogP contribution in [0.5, 0.6) is 0 Å². The summed E-state index contributed by atoms with van der Waals surface area (Å²) in [6.45, 7) is 3.94. The van der Waals surface area contributed by atoms with E-state index in [1.165, 1.54) is 12.6 Å². The Morgan fingerprint density at radius 1 is 1.33 bits per heavy atom. The van der Waals surface area contributed by atoms with Crippen LogP contribution < -0.4 is 4.72 Å². The molecule has 0 saturated heterocycles. The van der Waals surface area contributed by atoms with Gasteiger partial charge in [0.2, 0.25) is 10.0 Å². The van der Waals surface area contributed by atoms with E-state index in [1.807, 2.05) is 13.8 Å². The standard InChI is InChI=1S/C12H21N3O2S/c1-10(2)15-9-12(8-13-15)18(16,17)14-11-6-4-3-5-7-11/h8-11,14H,3-7H2,1-2H3. The summed E-state index contributed by atoms with van der Waals surface area (Å²) in [6, 6.07) is 0.259. The van der Waals surface area contributed by atoms with E-state index in [1.54, 1.807) is 10.9 Å². The van der Waals surface area contributed by atoms with Crippen molar-refractivity contribution in [1.29, 1.82) is 0 Å². The maximum atomic E-state index is 12.2. The molecule has 0 amide bonds. The van der Waals surface area contributed by atoms with Gasteiger partial charge in [0, 0.05) is 18.3 Å². The molecule has 0 unspecified atom stereocenters. The Labute approximate surface area is 109 Å². The second kappa shape index (κ2) is 5.40. The van der Waals surface area contributed by atoms with Crippen molar-refractivity contribution in [3.05, 3.63) is 12.4 Å². The fourth-order valence-electron chi connectivity index (χ4n) is 2.25. The van der Waals surface area contributed by atoms with Crippen LogP contribution in [0.1, 0.15) is 52.0 Å². The highest BCUT2D eigenvalue weighted by molar-refractivity contribution is 7.89. The number of rotatable bonds is 4. The Kier molecular flexibility index (Phi) is 4.07. The predicted molar refractivity (Wildman–Crippen MR) is 69.8 cm³/mol. The van der Waals surface area contributed by atoms with E-state index in [9.17, 15) is 8.42 Å². The van der Waals surface area contributed by atoms with Crippen LogP contribution in [0.4, 0.5) is 0 Å². The van der Waals surface area contributed by atoms with Crippen molar-refractivity contribution in [2.75, 3.05) is 0 Å². The van der Waals surface area contributed by atoms with Crippen LogP contribution in [0.25, 0.3) is 0 Å². The summed E-state index contributed by atoms with van der Waals surface area (Å²) in [5.41, 5.74) is 0. The zero-order valence-corrected chi connectivity index (χ0v) is 11.8. The largest absolute Gasteiger partial charge is 0.269 e. The molecule has 1 N–H and O–H groups in total. The van der Waals surface area contributed by atoms with Crippen LogP contribution >= 0.6 is 0 Å². The van der Waals surface area contributed by atoms with Crippen molar-refractivity contribution < 1.29 is 8.42 Å². The lowest BCUT2D eigenvalue weighted by atomic mass is 9.96. The first-order valence-corrected chi connectivity index (χ1v) is 8.04. The minimum absolute atomic E-state index is 0.0890.